The Morgan fingerprint density at radius 3 is 1.45 bits per heavy atom. The first-order valence-corrected chi connectivity index (χ1v) is 40.3. The number of imidazole rings is 2. The molecule has 11 aromatic rings. The predicted molar refractivity (Wildman–Crippen MR) is 446 cm³/mol. The molecule has 4 fully saturated rings. The van der Waals surface area contributed by atoms with Crippen LogP contribution in [0.25, 0.3) is 65.8 Å². The van der Waals surface area contributed by atoms with Gasteiger partial charge in [-0.1, -0.05) is 143 Å². The summed E-state index contributed by atoms with van der Waals surface area (Å²) in [5, 5.41) is 7.37. The van der Waals surface area contributed by atoms with E-state index in [1.165, 1.54) is 65.7 Å². The van der Waals surface area contributed by atoms with Crippen molar-refractivity contribution in [2.24, 2.45) is 5.73 Å². The molecule has 19 heteroatoms. The zero-order valence-corrected chi connectivity index (χ0v) is 66.1. The summed E-state index contributed by atoms with van der Waals surface area (Å²) in [6.07, 6.45) is 9.42. The molecule has 9 heterocycles. The van der Waals surface area contributed by atoms with E-state index in [0.717, 1.165) is 143 Å². The minimum Gasteiger partial charge on any atom is -0.399 e. The highest BCUT2D eigenvalue weighted by Gasteiger charge is 2.28. The molecule has 2 amide bonds. The van der Waals surface area contributed by atoms with Crippen LogP contribution in [0.3, 0.4) is 0 Å². The summed E-state index contributed by atoms with van der Waals surface area (Å²) in [5.74, 6) is 12.2. The fourth-order valence-corrected chi connectivity index (χ4v) is 15.8. The standard InChI is InChI=1S/C19H27N3O2.C18H23N3O.C18H19N3.C17H22N2OS.C16H20N2O/c1-13(2)15-5-6-17-18(11-15)22(14(3)20-17)16-7-9-21(10-8-16)19(23)12-24-4;1-13(2)16-5-4-15-6-7-19-18(17(15)12-16)21-10-8-20(9-11-21)14(3)22;1-12(2)14-8-9-16-18(10-14)21(11-20-16)17-7-5-4-6-15(17)13(3)19;1-13(2)15-5-4-14-6-7-18-17(16(14)12-15)19-8-10-21(3,20)11-9-19;1-12(2)14-4-3-13-5-6-17-16(15(13)11-14)18-7-9-19-10-8-18/h5-6,11,13,16H,7-10,12H2,1-4H3;4-7,12-13H,8-11H2,1-3H3;4-12H,3,19H2,1-2H3;4-7,12-13H,3,8-11H2,1-2H3;3-6,11-12H,7-10H2,1-2H3. The Morgan fingerprint density at radius 2 is 0.981 bits per heavy atom. The van der Waals surface area contributed by atoms with Gasteiger partial charge in [0.1, 0.15) is 36.2 Å². The second kappa shape index (κ2) is 35.4. The molecule has 18 nitrogen and oxygen atoms in total. The minimum atomic E-state index is -1.87. The number of benzene rings is 6. The first-order valence-electron chi connectivity index (χ1n) is 38.2. The lowest BCUT2D eigenvalue weighted by Crippen LogP contribution is -2.48. The molecule has 2 N–H and O–H groups in total. The first-order chi connectivity index (χ1) is 51.4. The van der Waals surface area contributed by atoms with Crippen molar-refractivity contribution in [1.82, 2.24) is 43.9 Å². The van der Waals surface area contributed by atoms with Crippen LogP contribution in [0.15, 0.2) is 165 Å². The third-order valence-electron chi connectivity index (χ3n) is 21.2. The fraction of sp³-hybridized carbons (Fsp3) is 0.409. The zero-order chi connectivity index (χ0) is 76.2. The van der Waals surface area contributed by atoms with Gasteiger partial charge in [-0.25, -0.2) is 24.9 Å². The molecule has 0 spiro atoms. The number of pyridine rings is 3. The van der Waals surface area contributed by atoms with E-state index in [0.29, 0.717) is 52.8 Å². The molecular weight excluding hydrogens is 1350 g/mol. The maximum Gasteiger partial charge on any atom is 0.248 e. The second-order valence-electron chi connectivity index (χ2n) is 30.3. The van der Waals surface area contributed by atoms with Crippen molar-refractivity contribution in [2.45, 2.75) is 132 Å². The number of aryl methyl sites for hydroxylation is 1. The first kappa shape index (κ1) is 78.4. The topological polar surface area (TPSA) is 186 Å². The highest BCUT2D eigenvalue weighted by atomic mass is 32.2. The number of nitrogens with two attached hydrogens (primary N) is 1. The average Bonchev–Trinajstić information content (AvgIpc) is 1.79. The Hall–Kier alpha value is -9.69. The lowest BCUT2D eigenvalue weighted by Gasteiger charge is -2.35. The van der Waals surface area contributed by atoms with Crippen molar-refractivity contribution in [2.75, 3.05) is 119 Å². The zero-order valence-electron chi connectivity index (χ0n) is 65.3. The summed E-state index contributed by atoms with van der Waals surface area (Å²) in [6.45, 7) is 39.7. The number of rotatable bonds is 13. The molecule has 0 unspecified atom stereocenters. The summed E-state index contributed by atoms with van der Waals surface area (Å²) in [6, 6.07) is 47.6. The van der Waals surface area contributed by atoms with E-state index in [-0.39, 0.29) is 18.4 Å². The van der Waals surface area contributed by atoms with E-state index in [2.05, 4.69) is 242 Å². The molecular formula is C88H111N13O5S. The molecule has 107 heavy (non-hydrogen) atoms. The molecule has 0 radical (unpaired) electrons. The van der Waals surface area contributed by atoms with Crippen LogP contribution in [0.5, 0.6) is 0 Å². The molecule has 0 aliphatic carbocycles. The number of anilines is 3. The van der Waals surface area contributed by atoms with E-state index in [4.69, 9.17) is 20.2 Å². The van der Waals surface area contributed by atoms with E-state index in [9.17, 15) is 13.8 Å². The Kier molecular flexibility index (Phi) is 25.9. The number of hydrogen-bond acceptors (Lipinski definition) is 14. The molecule has 0 bridgehead atoms. The van der Waals surface area contributed by atoms with Gasteiger partial charge in [-0.05, 0) is 175 Å². The van der Waals surface area contributed by atoms with Gasteiger partial charge in [0.15, 0.2) is 0 Å². The van der Waals surface area contributed by atoms with Gasteiger partial charge in [-0.15, -0.1) is 0 Å². The summed E-state index contributed by atoms with van der Waals surface area (Å²) in [4.78, 5) is 57.2. The number of likely N-dealkylation sites (tertiary alicyclic amines) is 1. The maximum absolute atomic E-state index is 12.0. The van der Waals surface area contributed by atoms with Crippen LogP contribution in [0.2, 0.25) is 0 Å². The third kappa shape index (κ3) is 19.0. The van der Waals surface area contributed by atoms with Crippen LogP contribution in [-0.4, -0.2) is 170 Å². The molecule has 0 saturated carbocycles. The van der Waals surface area contributed by atoms with E-state index >= 15 is 0 Å². The van der Waals surface area contributed by atoms with Crippen molar-refractivity contribution in [3.05, 3.63) is 204 Å². The number of carbonyl (C=O) groups is 2. The number of carbonyl (C=O) groups excluding carboxylic acids is 2. The SMILES string of the molecule is C=C(N)c1ccccc1-n1cnc2ccc(C(C)C)cc21.C=S1(=O)CCN(c2nccc3ccc(C(C)C)cc23)CC1.CC(=O)N1CCN(c2nccc3ccc(C(C)C)cc23)CC1.CC(C)c1ccc2ccnc(N3CCOCC3)c2c1.COCC(=O)N1CCC(n2c(C)nc3ccc(C(C)C)cc32)CC1. The molecule has 4 saturated heterocycles. The lowest BCUT2D eigenvalue weighted by atomic mass is 9.99. The summed E-state index contributed by atoms with van der Waals surface area (Å²) in [7, 11) is -0.301. The van der Waals surface area contributed by atoms with Gasteiger partial charge < -0.3 is 44.3 Å². The third-order valence-corrected chi connectivity index (χ3v) is 23.0. The van der Waals surface area contributed by atoms with E-state index < -0.39 is 9.52 Å². The maximum atomic E-state index is 12.0. The minimum absolute atomic E-state index is 0.0882. The van der Waals surface area contributed by atoms with Gasteiger partial charge in [-0.3, -0.25) is 18.4 Å². The Bertz CT molecular complexity index is 5010. The van der Waals surface area contributed by atoms with Crippen molar-refractivity contribution in [3.8, 4) is 5.69 Å². The number of piperidine rings is 1. The number of methoxy groups -OCH3 is 1. The molecule has 6 aromatic carbocycles. The number of ether oxygens (including phenoxy) is 2. The van der Waals surface area contributed by atoms with Crippen molar-refractivity contribution < 1.29 is 23.3 Å². The summed E-state index contributed by atoms with van der Waals surface area (Å²) in [5.41, 5.74) is 19.5. The van der Waals surface area contributed by atoms with Gasteiger partial charge in [0.05, 0.1) is 41.0 Å². The predicted octanol–water partition coefficient (Wildman–Crippen LogP) is 16.5. The molecule has 4 aliphatic rings. The Morgan fingerprint density at radius 1 is 0.542 bits per heavy atom. The van der Waals surface area contributed by atoms with Gasteiger partial charge in [0.25, 0.3) is 0 Å². The molecule has 564 valence electrons. The van der Waals surface area contributed by atoms with Crippen LogP contribution >= 0.6 is 0 Å². The highest BCUT2D eigenvalue weighted by molar-refractivity contribution is 8.00. The van der Waals surface area contributed by atoms with Gasteiger partial charge >= 0.3 is 0 Å². The Balaban J connectivity index is 0.000000133. The van der Waals surface area contributed by atoms with Crippen molar-refractivity contribution in [1.29, 1.82) is 0 Å². The number of piperazine rings is 1. The number of nitrogens with zero attached hydrogens (tertiary/aromatic N) is 12. The second-order valence-corrected chi connectivity index (χ2v) is 33.0. The smallest absolute Gasteiger partial charge is 0.248 e. The lowest BCUT2D eigenvalue weighted by molar-refractivity contribution is -0.136. The monoisotopic (exact) mass is 1460 g/mol. The van der Waals surface area contributed by atoms with Crippen LogP contribution in [0.4, 0.5) is 17.5 Å². The molecule has 15 rings (SSSR count). The largest absolute Gasteiger partial charge is 0.399 e. The number of fused-ring (bicyclic) bond motifs is 5. The number of amides is 2. The number of morpholine rings is 1. The number of hydrogen-bond donors (Lipinski definition) is 1. The molecule has 4 aliphatic heterocycles. The van der Waals surface area contributed by atoms with Crippen LogP contribution in [0.1, 0.15) is 164 Å². The average molecular weight is 1460 g/mol. The quantitative estimate of drug-likeness (QED) is 0.107. The van der Waals surface area contributed by atoms with Gasteiger partial charge in [0.2, 0.25) is 11.8 Å². The van der Waals surface area contributed by atoms with Crippen LogP contribution in [-0.2, 0) is 28.6 Å². The summed E-state index contributed by atoms with van der Waals surface area (Å²) < 4.78 is 26.9. The summed E-state index contributed by atoms with van der Waals surface area (Å²) >= 11 is 0. The van der Waals surface area contributed by atoms with Crippen molar-refractivity contribution in [3.63, 3.8) is 0 Å². The normalized spacial score (nSPS) is 15.6. The highest BCUT2D eigenvalue weighted by Crippen LogP contribution is 2.35. The van der Waals surface area contributed by atoms with Gasteiger partial charge in [0, 0.05) is 143 Å². The Labute approximate surface area is 634 Å². The van der Waals surface area contributed by atoms with E-state index in [1.807, 2.05) is 59.0 Å². The number of para-hydroxylation sites is 1. The van der Waals surface area contributed by atoms with E-state index in [1.54, 1.807) is 14.0 Å². The number of aromatic nitrogens is 7. The van der Waals surface area contributed by atoms with Crippen LogP contribution in [0, 0.1) is 6.92 Å². The fourth-order valence-electron chi connectivity index (χ4n) is 14.5. The van der Waals surface area contributed by atoms with Crippen molar-refractivity contribution >= 4 is 105 Å². The molecule has 5 aromatic heterocycles. The van der Waals surface area contributed by atoms with Crippen LogP contribution < -0.4 is 20.4 Å². The molecule has 0 atom stereocenters. The van der Waals surface area contributed by atoms with Gasteiger partial charge in [-0.2, -0.15) is 0 Å².